The van der Waals surface area contributed by atoms with Crippen LogP contribution in [0.3, 0.4) is 0 Å². The summed E-state index contributed by atoms with van der Waals surface area (Å²) >= 11 is -1.44. The van der Waals surface area contributed by atoms with Crippen molar-refractivity contribution < 1.29 is 0 Å². The van der Waals surface area contributed by atoms with Crippen LogP contribution in [0.5, 0.6) is 0 Å². The van der Waals surface area contributed by atoms with Crippen molar-refractivity contribution in [1.82, 2.24) is 0 Å². The fourth-order valence-corrected chi connectivity index (χ4v) is 46.6. The van der Waals surface area contributed by atoms with E-state index in [0.717, 1.165) is 0 Å². The summed E-state index contributed by atoms with van der Waals surface area (Å²) in [5, 5.41) is 0. The second-order valence-electron chi connectivity index (χ2n) is 5.76. The number of hydrogen-bond donors (Lipinski definition) is 0. The SMILES string of the molecule is CCC[CH2][Sn]1([CH2]CCC)[CH2]S(C)(C)[CH2]1. The first-order valence-electron chi connectivity index (χ1n) is 6.22. The molecule has 1 saturated heterocycles. The van der Waals surface area contributed by atoms with Gasteiger partial charge in [0.2, 0.25) is 0 Å². The zero-order valence-corrected chi connectivity index (χ0v) is 14.2. The summed E-state index contributed by atoms with van der Waals surface area (Å²) in [5.74, 6) is 0. The van der Waals surface area contributed by atoms with Crippen LogP contribution in [0.15, 0.2) is 0 Å². The first-order valence-corrected chi connectivity index (χ1v) is 17.1. The molecule has 0 amide bonds. The van der Waals surface area contributed by atoms with Crippen molar-refractivity contribution in [1.29, 1.82) is 0 Å². The van der Waals surface area contributed by atoms with Gasteiger partial charge >= 0.3 is 96.9 Å². The second-order valence-corrected chi connectivity index (χ2v) is 26.2. The van der Waals surface area contributed by atoms with Crippen molar-refractivity contribution in [2.24, 2.45) is 0 Å². The molecular weight excluding hydrogens is 295 g/mol. The summed E-state index contributed by atoms with van der Waals surface area (Å²) in [6.45, 7) is 4.71. The zero-order chi connectivity index (χ0) is 10.7. The minimum atomic E-state index is -1.44. The third-order valence-electron chi connectivity index (χ3n) is 3.52. The molecule has 0 aromatic rings. The van der Waals surface area contributed by atoms with Crippen LogP contribution in [0.25, 0.3) is 0 Å². The van der Waals surface area contributed by atoms with E-state index in [1.807, 2.05) is 0 Å². The maximum atomic E-state index is 2.57. The van der Waals surface area contributed by atoms with Gasteiger partial charge in [-0.15, -0.1) is 0 Å². The summed E-state index contributed by atoms with van der Waals surface area (Å²) in [6.07, 6.45) is 11.1. The van der Waals surface area contributed by atoms with Gasteiger partial charge in [0, 0.05) is 0 Å². The second kappa shape index (κ2) is 5.47. The molecule has 1 rings (SSSR count). The molecule has 0 aromatic carbocycles. The normalized spacial score (nSPS) is 25.4. The average Bonchev–Trinajstić information content (AvgIpc) is 2.08. The van der Waals surface area contributed by atoms with Crippen LogP contribution in [0.4, 0.5) is 0 Å². The average molecular weight is 323 g/mol. The summed E-state index contributed by atoms with van der Waals surface area (Å²) < 4.78 is 7.01. The topological polar surface area (TPSA) is 0 Å². The molecule has 1 aliphatic heterocycles. The van der Waals surface area contributed by atoms with E-state index >= 15 is 0 Å². The van der Waals surface area contributed by atoms with Crippen molar-refractivity contribution >= 4 is 28.4 Å². The molecule has 1 fully saturated rings. The van der Waals surface area contributed by atoms with Gasteiger partial charge in [-0.3, -0.25) is 0 Å². The Bertz CT molecular complexity index is 159. The molecule has 14 heavy (non-hydrogen) atoms. The molecule has 0 radical (unpaired) electrons. The van der Waals surface area contributed by atoms with Gasteiger partial charge in [0.15, 0.2) is 0 Å². The fraction of sp³-hybridized carbons (Fsp3) is 1.00. The molecule has 0 nitrogen and oxygen atoms in total. The summed E-state index contributed by atoms with van der Waals surface area (Å²) in [7, 11) is -0.0566. The maximum absolute atomic E-state index is 2.57. The zero-order valence-electron chi connectivity index (χ0n) is 10.6. The Morgan fingerprint density at radius 3 is 1.64 bits per heavy atom. The van der Waals surface area contributed by atoms with Crippen molar-refractivity contribution in [2.75, 3.05) is 20.0 Å². The van der Waals surface area contributed by atoms with E-state index in [4.69, 9.17) is 0 Å². The Balaban J connectivity index is 2.38. The van der Waals surface area contributed by atoms with Crippen molar-refractivity contribution in [2.45, 2.75) is 48.4 Å². The van der Waals surface area contributed by atoms with Crippen LogP contribution in [-0.2, 0) is 0 Å². The van der Waals surface area contributed by atoms with E-state index < -0.39 is 18.4 Å². The quantitative estimate of drug-likeness (QED) is 0.643. The number of rotatable bonds is 6. The van der Waals surface area contributed by atoms with Gasteiger partial charge in [0.1, 0.15) is 0 Å². The summed E-state index contributed by atoms with van der Waals surface area (Å²) in [5.41, 5.74) is 0. The standard InChI is InChI=1S/C4H10S.2C4H9.Sn/c1-5(2,3)4;2*1-3-4-2;/h1-2H2,3-4H3;2*1,3-4H2,2H3;. The Hall–Kier alpha value is 1.15. The van der Waals surface area contributed by atoms with Gasteiger partial charge in [0.05, 0.1) is 0 Å². The van der Waals surface area contributed by atoms with Crippen LogP contribution in [-0.4, -0.2) is 38.4 Å². The van der Waals surface area contributed by atoms with Gasteiger partial charge in [-0.05, 0) is 0 Å². The molecule has 0 unspecified atom stereocenters. The molecule has 0 aromatic heterocycles. The predicted molar refractivity (Wildman–Crippen MR) is 74.4 cm³/mol. The molecular formula is C12H28SSn. The Morgan fingerprint density at radius 2 is 1.36 bits per heavy atom. The van der Waals surface area contributed by atoms with E-state index in [2.05, 4.69) is 26.4 Å². The van der Waals surface area contributed by atoms with Gasteiger partial charge in [-0.2, -0.15) is 0 Å². The minimum absolute atomic E-state index is 0.0566. The Labute approximate surface area is 96.4 Å². The first-order chi connectivity index (χ1) is 6.54. The molecule has 0 bridgehead atoms. The van der Waals surface area contributed by atoms with Crippen molar-refractivity contribution in [3.63, 3.8) is 0 Å². The fourth-order valence-electron chi connectivity index (χ4n) is 3.13. The van der Waals surface area contributed by atoms with Crippen molar-refractivity contribution in [3.8, 4) is 0 Å². The third kappa shape index (κ3) is 3.62. The monoisotopic (exact) mass is 324 g/mol. The van der Waals surface area contributed by atoms with E-state index in [-0.39, 0.29) is 10.0 Å². The summed E-state index contributed by atoms with van der Waals surface area (Å²) in [6, 6.07) is 0. The molecule has 0 spiro atoms. The van der Waals surface area contributed by atoms with Crippen molar-refractivity contribution in [3.05, 3.63) is 0 Å². The van der Waals surface area contributed by atoms with Gasteiger partial charge in [0.25, 0.3) is 0 Å². The van der Waals surface area contributed by atoms with Crippen LogP contribution in [0.2, 0.25) is 8.87 Å². The van der Waals surface area contributed by atoms with E-state index in [0.29, 0.717) is 0 Å². The first kappa shape index (κ1) is 13.2. The van der Waals surface area contributed by atoms with Gasteiger partial charge in [-0.1, -0.05) is 0 Å². The predicted octanol–water partition coefficient (Wildman–Crippen LogP) is 4.19. The molecule has 0 N–H and O–H groups in total. The van der Waals surface area contributed by atoms with Crippen LogP contribution in [0.1, 0.15) is 39.5 Å². The van der Waals surface area contributed by atoms with Crippen LogP contribution >= 0.6 is 10.0 Å². The number of hydrogen-bond acceptors (Lipinski definition) is 0. The Morgan fingerprint density at radius 1 is 0.929 bits per heavy atom. The molecule has 0 saturated carbocycles. The van der Waals surface area contributed by atoms with Gasteiger partial charge < -0.3 is 0 Å². The van der Waals surface area contributed by atoms with E-state index in [9.17, 15) is 0 Å². The molecule has 1 heterocycles. The molecule has 86 valence electrons. The molecule has 2 heteroatoms. The van der Waals surface area contributed by atoms with Crippen LogP contribution in [0, 0.1) is 0 Å². The van der Waals surface area contributed by atoms with E-state index in [1.54, 1.807) is 29.3 Å². The van der Waals surface area contributed by atoms with Crippen LogP contribution < -0.4 is 0 Å². The Kier molecular flexibility index (Phi) is 5.16. The molecule has 0 aliphatic carbocycles. The summed E-state index contributed by atoms with van der Waals surface area (Å²) in [4.78, 5) is 0. The molecule has 0 atom stereocenters. The van der Waals surface area contributed by atoms with E-state index in [1.165, 1.54) is 12.8 Å². The molecule has 1 aliphatic rings. The number of unbranched alkanes of at least 4 members (excludes halogenated alkanes) is 2. The third-order valence-corrected chi connectivity index (χ3v) is 38.2. The van der Waals surface area contributed by atoms with Gasteiger partial charge in [-0.25, -0.2) is 0 Å².